The number of aryl methyl sites for hydroxylation is 3. The minimum Gasteiger partial charge on any atom is -0.258 e. The number of benzene rings is 2. The second-order valence-corrected chi connectivity index (χ2v) is 5.24. The Morgan fingerprint density at radius 3 is 2.05 bits per heavy atom. The lowest BCUT2D eigenvalue weighted by Gasteiger charge is -2.14. The van der Waals surface area contributed by atoms with E-state index in [1.165, 1.54) is 12.1 Å². The standard InChI is InChI=1S/C16H14F3NO2/c1-9-4-5-12(16(17,18)19)8-14(9)13-6-11(3)15(20(21)22)7-10(13)2/h4-8H,1-3H3. The van der Waals surface area contributed by atoms with E-state index < -0.39 is 16.7 Å². The van der Waals surface area contributed by atoms with Crippen molar-refractivity contribution in [1.82, 2.24) is 0 Å². The van der Waals surface area contributed by atoms with Gasteiger partial charge in [-0.1, -0.05) is 6.07 Å². The molecule has 116 valence electrons. The molecule has 22 heavy (non-hydrogen) atoms. The van der Waals surface area contributed by atoms with Crippen molar-refractivity contribution in [1.29, 1.82) is 0 Å². The topological polar surface area (TPSA) is 43.1 Å². The number of halogens is 3. The van der Waals surface area contributed by atoms with E-state index in [0.29, 0.717) is 27.8 Å². The van der Waals surface area contributed by atoms with Crippen LogP contribution in [0.15, 0.2) is 30.3 Å². The Bertz CT molecular complexity index is 752. The molecule has 0 aromatic heterocycles. The number of nitro groups is 1. The van der Waals surface area contributed by atoms with Crippen molar-refractivity contribution in [2.75, 3.05) is 0 Å². The lowest BCUT2D eigenvalue weighted by atomic mass is 9.93. The predicted molar refractivity (Wildman–Crippen MR) is 77.7 cm³/mol. The van der Waals surface area contributed by atoms with Crippen LogP contribution in [-0.2, 0) is 6.18 Å². The minimum atomic E-state index is -4.42. The van der Waals surface area contributed by atoms with Crippen LogP contribution in [0.3, 0.4) is 0 Å². The molecule has 0 radical (unpaired) electrons. The molecule has 3 nitrogen and oxygen atoms in total. The number of nitrogens with zero attached hydrogens (tertiary/aromatic N) is 1. The van der Waals surface area contributed by atoms with Gasteiger partial charge in [-0.2, -0.15) is 13.2 Å². The monoisotopic (exact) mass is 309 g/mol. The molecule has 2 aromatic rings. The fourth-order valence-corrected chi connectivity index (χ4v) is 2.38. The minimum absolute atomic E-state index is 0.0362. The van der Waals surface area contributed by atoms with E-state index in [4.69, 9.17) is 0 Å². The normalized spacial score (nSPS) is 11.5. The van der Waals surface area contributed by atoms with Crippen LogP contribution in [0.4, 0.5) is 18.9 Å². The summed E-state index contributed by atoms with van der Waals surface area (Å²) in [5.41, 5.74) is 1.91. The fourth-order valence-electron chi connectivity index (χ4n) is 2.38. The first-order valence-corrected chi connectivity index (χ1v) is 6.55. The third-order valence-corrected chi connectivity index (χ3v) is 3.59. The summed E-state index contributed by atoms with van der Waals surface area (Å²) in [6, 6.07) is 6.49. The van der Waals surface area contributed by atoms with E-state index in [1.807, 2.05) is 0 Å². The first kappa shape index (κ1) is 16.0. The first-order chi connectivity index (χ1) is 10.1. The molecule has 2 rings (SSSR count). The van der Waals surface area contributed by atoms with Crippen LogP contribution < -0.4 is 0 Å². The van der Waals surface area contributed by atoms with Gasteiger partial charge < -0.3 is 0 Å². The molecule has 0 saturated carbocycles. The average molecular weight is 309 g/mol. The quantitative estimate of drug-likeness (QED) is 0.565. The fraction of sp³-hybridized carbons (Fsp3) is 0.250. The van der Waals surface area contributed by atoms with E-state index in [2.05, 4.69) is 0 Å². The highest BCUT2D eigenvalue weighted by molar-refractivity contribution is 5.73. The second kappa shape index (κ2) is 5.44. The molecule has 2 aromatic carbocycles. The van der Waals surface area contributed by atoms with Crippen LogP contribution in [0.5, 0.6) is 0 Å². The van der Waals surface area contributed by atoms with Crippen molar-refractivity contribution < 1.29 is 18.1 Å². The van der Waals surface area contributed by atoms with E-state index in [0.717, 1.165) is 12.1 Å². The van der Waals surface area contributed by atoms with Crippen LogP contribution in [0.2, 0.25) is 0 Å². The highest BCUT2D eigenvalue weighted by atomic mass is 19.4. The maximum absolute atomic E-state index is 12.9. The molecule has 0 unspecified atom stereocenters. The van der Waals surface area contributed by atoms with Crippen LogP contribution in [0.25, 0.3) is 11.1 Å². The molecule has 0 aliphatic rings. The Labute approximate surface area is 125 Å². The summed E-state index contributed by atoms with van der Waals surface area (Å²) < 4.78 is 38.6. The molecule has 0 N–H and O–H groups in total. The number of hydrogen-bond acceptors (Lipinski definition) is 2. The highest BCUT2D eigenvalue weighted by Crippen LogP contribution is 2.36. The van der Waals surface area contributed by atoms with Crippen LogP contribution in [0, 0.1) is 30.9 Å². The molecule has 6 heteroatoms. The average Bonchev–Trinajstić information content (AvgIpc) is 2.40. The van der Waals surface area contributed by atoms with Crippen LogP contribution in [-0.4, -0.2) is 4.92 Å². The highest BCUT2D eigenvalue weighted by Gasteiger charge is 2.31. The molecule has 0 bridgehead atoms. The third-order valence-electron chi connectivity index (χ3n) is 3.59. The van der Waals surface area contributed by atoms with Gasteiger partial charge in [0.05, 0.1) is 10.5 Å². The van der Waals surface area contributed by atoms with Crippen molar-refractivity contribution in [3.8, 4) is 11.1 Å². The van der Waals surface area contributed by atoms with E-state index >= 15 is 0 Å². The molecule has 0 fully saturated rings. The Morgan fingerprint density at radius 2 is 1.50 bits per heavy atom. The molecular weight excluding hydrogens is 295 g/mol. The maximum Gasteiger partial charge on any atom is 0.416 e. The van der Waals surface area contributed by atoms with Gasteiger partial charge in [-0.3, -0.25) is 10.1 Å². The predicted octanol–water partition coefficient (Wildman–Crippen LogP) is 5.21. The number of nitro benzene ring substituents is 1. The zero-order valence-corrected chi connectivity index (χ0v) is 12.3. The lowest BCUT2D eigenvalue weighted by molar-refractivity contribution is -0.385. The maximum atomic E-state index is 12.9. The second-order valence-electron chi connectivity index (χ2n) is 5.24. The van der Waals surface area contributed by atoms with Gasteiger partial charge in [0.25, 0.3) is 5.69 Å². The zero-order valence-electron chi connectivity index (χ0n) is 12.3. The summed E-state index contributed by atoms with van der Waals surface area (Å²) in [4.78, 5) is 10.4. The van der Waals surface area contributed by atoms with Gasteiger partial charge >= 0.3 is 6.18 Å². The van der Waals surface area contributed by atoms with Crippen LogP contribution >= 0.6 is 0 Å². The molecule has 0 saturated heterocycles. The summed E-state index contributed by atoms with van der Waals surface area (Å²) in [6.45, 7) is 4.94. The van der Waals surface area contributed by atoms with Gasteiger partial charge in [0.1, 0.15) is 0 Å². The molecule has 0 atom stereocenters. The van der Waals surface area contributed by atoms with E-state index in [-0.39, 0.29) is 5.69 Å². The zero-order chi connectivity index (χ0) is 16.7. The summed E-state index contributed by atoms with van der Waals surface area (Å²) in [5, 5.41) is 10.9. The smallest absolute Gasteiger partial charge is 0.258 e. The number of alkyl halides is 3. The van der Waals surface area contributed by atoms with Crippen molar-refractivity contribution in [2.45, 2.75) is 26.9 Å². The Hall–Kier alpha value is -2.37. The van der Waals surface area contributed by atoms with E-state index in [9.17, 15) is 23.3 Å². The SMILES string of the molecule is Cc1ccc(C(F)(F)F)cc1-c1cc(C)c([N+](=O)[O-])cc1C. The van der Waals surface area contributed by atoms with Crippen molar-refractivity contribution in [3.63, 3.8) is 0 Å². The van der Waals surface area contributed by atoms with Crippen molar-refractivity contribution in [2.24, 2.45) is 0 Å². The van der Waals surface area contributed by atoms with Gasteiger partial charge in [0.15, 0.2) is 0 Å². The summed E-state index contributed by atoms with van der Waals surface area (Å²) in [7, 11) is 0. The van der Waals surface area contributed by atoms with Gasteiger partial charge in [0.2, 0.25) is 0 Å². The molecular formula is C16H14F3NO2. The Morgan fingerprint density at radius 1 is 0.909 bits per heavy atom. The molecule has 0 aliphatic heterocycles. The largest absolute Gasteiger partial charge is 0.416 e. The lowest BCUT2D eigenvalue weighted by Crippen LogP contribution is -2.05. The van der Waals surface area contributed by atoms with Gasteiger partial charge in [0, 0.05) is 11.6 Å². The molecule has 0 amide bonds. The van der Waals surface area contributed by atoms with Gasteiger partial charge in [-0.15, -0.1) is 0 Å². The number of rotatable bonds is 2. The third kappa shape index (κ3) is 2.95. The molecule has 0 spiro atoms. The summed E-state index contributed by atoms with van der Waals surface area (Å²) in [5.74, 6) is 0. The van der Waals surface area contributed by atoms with Gasteiger partial charge in [-0.25, -0.2) is 0 Å². The van der Waals surface area contributed by atoms with Crippen molar-refractivity contribution in [3.05, 3.63) is 62.7 Å². The van der Waals surface area contributed by atoms with Crippen LogP contribution in [0.1, 0.15) is 22.3 Å². The van der Waals surface area contributed by atoms with Crippen molar-refractivity contribution >= 4 is 5.69 Å². The summed E-state index contributed by atoms with van der Waals surface area (Å²) in [6.07, 6.45) is -4.42. The summed E-state index contributed by atoms with van der Waals surface area (Å²) >= 11 is 0. The Kier molecular flexibility index (Phi) is 3.96. The van der Waals surface area contributed by atoms with E-state index in [1.54, 1.807) is 26.8 Å². The Balaban J connectivity index is 2.67. The first-order valence-electron chi connectivity index (χ1n) is 6.55. The molecule has 0 aliphatic carbocycles. The number of hydrogen-bond donors (Lipinski definition) is 0. The molecule has 0 heterocycles. The van der Waals surface area contributed by atoms with Gasteiger partial charge in [-0.05, 0) is 61.2 Å².